The standard InChI is InChI=1S/C22H23BrN4O4/c1-22(13-11-15-5-3-2-4-6-15)20(30)27(21(31)25-22)26-18(28)12-14-24-19(29)16-7-9-17(23)10-8-16/h2-10H,11-14H2,1H3,(H,24,29)(H,25,31)(H,26,28). The second-order valence-electron chi connectivity index (χ2n) is 7.44. The van der Waals surface area contributed by atoms with Crippen molar-refractivity contribution in [3.8, 4) is 0 Å². The smallest absolute Gasteiger partial charge is 0.344 e. The van der Waals surface area contributed by atoms with Gasteiger partial charge in [0.2, 0.25) is 5.91 Å². The van der Waals surface area contributed by atoms with Gasteiger partial charge in [0.05, 0.1) is 0 Å². The van der Waals surface area contributed by atoms with E-state index in [9.17, 15) is 19.2 Å². The Balaban J connectivity index is 1.48. The number of imide groups is 1. The molecule has 0 aliphatic carbocycles. The maximum atomic E-state index is 12.7. The zero-order valence-corrected chi connectivity index (χ0v) is 18.6. The molecule has 0 saturated carbocycles. The van der Waals surface area contributed by atoms with Crippen LogP contribution in [0.3, 0.4) is 0 Å². The highest BCUT2D eigenvalue weighted by atomic mass is 79.9. The van der Waals surface area contributed by atoms with Crippen molar-refractivity contribution in [1.82, 2.24) is 21.1 Å². The number of halogens is 1. The quantitative estimate of drug-likeness (QED) is 0.498. The van der Waals surface area contributed by atoms with Crippen LogP contribution < -0.4 is 16.1 Å². The van der Waals surface area contributed by atoms with Crippen LogP contribution >= 0.6 is 15.9 Å². The fourth-order valence-electron chi connectivity index (χ4n) is 3.17. The highest BCUT2D eigenvalue weighted by molar-refractivity contribution is 9.10. The van der Waals surface area contributed by atoms with Crippen LogP contribution in [-0.4, -0.2) is 40.8 Å². The summed E-state index contributed by atoms with van der Waals surface area (Å²) in [6.45, 7) is 1.70. The summed E-state index contributed by atoms with van der Waals surface area (Å²) in [7, 11) is 0. The van der Waals surface area contributed by atoms with Gasteiger partial charge in [-0.1, -0.05) is 46.3 Å². The number of benzene rings is 2. The van der Waals surface area contributed by atoms with Crippen LogP contribution in [0.2, 0.25) is 0 Å². The second kappa shape index (κ2) is 9.74. The predicted octanol–water partition coefficient (Wildman–Crippen LogP) is 2.54. The van der Waals surface area contributed by atoms with E-state index in [1.165, 1.54) is 0 Å². The lowest BCUT2D eigenvalue weighted by Crippen LogP contribution is -2.49. The maximum absolute atomic E-state index is 12.7. The largest absolute Gasteiger partial charge is 0.352 e. The Morgan fingerprint density at radius 3 is 2.42 bits per heavy atom. The number of hydrogen-bond donors (Lipinski definition) is 3. The number of rotatable bonds is 8. The monoisotopic (exact) mass is 486 g/mol. The minimum absolute atomic E-state index is 0.0651. The van der Waals surface area contributed by atoms with Crippen molar-refractivity contribution >= 4 is 39.7 Å². The zero-order valence-electron chi connectivity index (χ0n) is 17.0. The van der Waals surface area contributed by atoms with E-state index in [1.54, 1.807) is 31.2 Å². The van der Waals surface area contributed by atoms with Gasteiger partial charge in [0.1, 0.15) is 5.54 Å². The molecule has 1 aliphatic heterocycles. The molecule has 3 rings (SSSR count). The average molecular weight is 487 g/mol. The Morgan fingerprint density at radius 2 is 1.74 bits per heavy atom. The summed E-state index contributed by atoms with van der Waals surface area (Å²) in [5, 5.41) is 6.00. The number of nitrogens with one attached hydrogen (secondary N) is 3. The summed E-state index contributed by atoms with van der Waals surface area (Å²) >= 11 is 3.30. The number of amides is 5. The molecule has 1 fully saturated rings. The van der Waals surface area contributed by atoms with Crippen LogP contribution in [0.1, 0.15) is 35.7 Å². The average Bonchev–Trinajstić information content (AvgIpc) is 2.97. The summed E-state index contributed by atoms with van der Waals surface area (Å²) in [5.41, 5.74) is 2.74. The lowest BCUT2D eigenvalue weighted by molar-refractivity contribution is -0.138. The van der Waals surface area contributed by atoms with Crippen molar-refractivity contribution in [2.75, 3.05) is 6.54 Å². The molecule has 3 N–H and O–H groups in total. The summed E-state index contributed by atoms with van der Waals surface area (Å²) < 4.78 is 0.854. The molecule has 31 heavy (non-hydrogen) atoms. The lowest BCUT2D eigenvalue weighted by atomic mass is 9.93. The molecule has 0 bridgehead atoms. The van der Waals surface area contributed by atoms with Crippen molar-refractivity contribution in [3.05, 3.63) is 70.2 Å². The molecule has 2 aromatic rings. The fourth-order valence-corrected chi connectivity index (χ4v) is 3.43. The van der Waals surface area contributed by atoms with Crippen LogP contribution in [0, 0.1) is 0 Å². The summed E-state index contributed by atoms with van der Waals surface area (Å²) in [6.07, 6.45) is 0.921. The fraction of sp³-hybridized carbons (Fsp3) is 0.273. The first kappa shape index (κ1) is 22.5. The molecule has 5 amide bonds. The molecule has 8 nitrogen and oxygen atoms in total. The molecular formula is C22H23BrN4O4. The molecule has 1 unspecified atom stereocenters. The van der Waals surface area contributed by atoms with Crippen LogP contribution in [0.4, 0.5) is 4.79 Å². The van der Waals surface area contributed by atoms with E-state index in [0.29, 0.717) is 23.4 Å². The number of carbonyl (C=O) groups is 4. The van der Waals surface area contributed by atoms with Gasteiger partial charge in [-0.05, 0) is 49.6 Å². The van der Waals surface area contributed by atoms with E-state index in [1.807, 2.05) is 30.3 Å². The topological polar surface area (TPSA) is 108 Å². The van der Waals surface area contributed by atoms with E-state index < -0.39 is 23.4 Å². The highest BCUT2D eigenvalue weighted by Gasteiger charge is 2.48. The van der Waals surface area contributed by atoms with Crippen molar-refractivity contribution in [2.24, 2.45) is 0 Å². The van der Waals surface area contributed by atoms with E-state index >= 15 is 0 Å². The second-order valence-corrected chi connectivity index (χ2v) is 8.35. The number of aryl methyl sites for hydroxylation is 1. The molecule has 0 radical (unpaired) electrons. The Bertz CT molecular complexity index is 981. The summed E-state index contributed by atoms with van der Waals surface area (Å²) in [4.78, 5) is 49.3. The molecule has 0 aromatic heterocycles. The third-order valence-electron chi connectivity index (χ3n) is 5.00. The number of hydrazine groups is 1. The molecule has 2 aromatic carbocycles. The van der Waals surface area contributed by atoms with Gasteiger partial charge in [0, 0.05) is 23.0 Å². The van der Waals surface area contributed by atoms with Gasteiger partial charge in [-0.3, -0.25) is 19.8 Å². The zero-order chi connectivity index (χ0) is 22.4. The first-order valence-electron chi connectivity index (χ1n) is 9.82. The van der Waals surface area contributed by atoms with Crippen LogP contribution in [0.15, 0.2) is 59.1 Å². The first-order chi connectivity index (χ1) is 14.8. The Labute approximate surface area is 188 Å². The number of nitrogens with zero attached hydrogens (tertiary/aromatic N) is 1. The van der Waals surface area contributed by atoms with Gasteiger partial charge in [-0.25, -0.2) is 4.79 Å². The van der Waals surface area contributed by atoms with E-state index in [0.717, 1.165) is 10.0 Å². The third kappa shape index (κ3) is 5.69. The van der Waals surface area contributed by atoms with E-state index in [2.05, 4.69) is 32.0 Å². The number of urea groups is 1. The first-order valence-corrected chi connectivity index (χ1v) is 10.6. The Morgan fingerprint density at radius 1 is 1.06 bits per heavy atom. The minimum Gasteiger partial charge on any atom is -0.352 e. The maximum Gasteiger partial charge on any atom is 0.344 e. The third-order valence-corrected chi connectivity index (χ3v) is 5.53. The molecule has 1 heterocycles. The molecule has 0 spiro atoms. The van der Waals surface area contributed by atoms with Gasteiger partial charge in [0.15, 0.2) is 0 Å². The lowest BCUT2D eigenvalue weighted by Gasteiger charge is -2.21. The molecule has 162 valence electrons. The normalized spacial score (nSPS) is 17.9. The Hall–Kier alpha value is -3.20. The Kier molecular flexibility index (Phi) is 7.06. The molecule has 9 heteroatoms. The van der Waals surface area contributed by atoms with Gasteiger partial charge >= 0.3 is 6.03 Å². The molecular weight excluding hydrogens is 464 g/mol. The summed E-state index contributed by atoms with van der Waals surface area (Å²) in [6, 6.07) is 15.8. The van der Waals surface area contributed by atoms with Crippen LogP contribution in [0.25, 0.3) is 0 Å². The van der Waals surface area contributed by atoms with Crippen molar-refractivity contribution in [3.63, 3.8) is 0 Å². The molecule has 1 saturated heterocycles. The van der Waals surface area contributed by atoms with Crippen LogP contribution in [0.5, 0.6) is 0 Å². The van der Waals surface area contributed by atoms with Crippen molar-refractivity contribution < 1.29 is 19.2 Å². The SMILES string of the molecule is CC1(CCc2ccccc2)NC(=O)N(NC(=O)CCNC(=O)c2ccc(Br)cc2)C1=O. The van der Waals surface area contributed by atoms with E-state index in [4.69, 9.17) is 0 Å². The van der Waals surface area contributed by atoms with Crippen molar-refractivity contribution in [1.29, 1.82) is 0 Å². The van der Waals surface area contributed by atoms with Gasteiger partial charge in [0.25, 0.3) is 11.8 Å². The summed E-state index contributed by atoms with van der Waals surface area (Å²) in [5.74, 6) is -1.38. The molecule has 1 aliphatic rings. The van der Waals surface area contributed by atoms with Crippen molar-refractivity contribution in [2.45, 2.75) is 31.7 Å². The molecule has 1 atom stereocenters. The number of carbonyl (C=O) groups excluding carboxylic acids is 4. The van der Waals surface area contributed by atoms with E-state index in [-0.39, 0.29) is 18.9 Å². The minimum atomic E-state index is -1.10. The highest BCUT2D eigenvalue weighted by Crippen LogP contribution is 2.22. The van der Waals surface area contributed by atoms with Gasteiger partial charge < -0.3 is 10.6 Å². The predicted molar refractivity (Wildman–Crippen MR) is 118 cm³/mol. The van der Waals surface area contributed by atoms with Crippen LogP contribution in [-0.2, 0) is 16.0 Å². The van der Waals surface area contributed by atoms with Gasteiger partial charge in [-0.2, -0.15) is 5.01 Å². The number of hydrogen-bond acceptors (Lipinski definition) is 4. The van der Waals surface area contributed by atoms with Gasteiger partial charge in [-0.15, -0.1) is 0 Å².